The molecule has 0 saturated heterocycles. The number of benzene rings is 2. The van der Waals surface area contributed by atoms with Crippen molar-refractivity contribution in [1.29, 1.82) is 0 Å². The highest BCUT2D eigenvalue weighted by atomic mass is 35.5. The van der Waals surface area contributed by atoms with Crippen LogP contribution in [0.4, 0.5) is 5.69 Å². The minimum absolute atomic E-state index is 0.806. The van der Waals surface area contributed by atoms with Crippen molar-refractivity contribution in [1.82, 2.24) is 0 Å². The Morgan fingerprint density at radius 2 is 1.78 bits per heavy atom. The summed E-state index contributed by atoms with van der Waals surface area (Å²) in [6, 6.07) is 12.5. The summed E-state index contributed by atoms with van der Waals surface area (Å²) in [7, 11) is 0. The molecule has 2 aromatic carbocycles. The first kappa shape index (κ1) is 13.0. The Morgan fingerprint density at radius 3 is 2.50 bits per heavy atom. The summed E-state index contributed by atoms with van der Waals surface area (Å²) in [5.41, 5.74) is 6.17. The van der Waals surface area contributed by atoms with Gasteiger partial charge in [-0.25, -0.2) is 0 Å². The number of rotatable bonds is 3. The van der Waals surface area contributed by atoms with Gasteiger partial charge >= 0.3 is 0 Å². The highest BCUT2D eigenvalue weighted by Crippen LogP contribution is 2.21. The Kier molecular flexibility index (Phi) is 3.93. The van der Waals surface area contributed by atoms with E-state index in [2.05, 4.69) is 43.4 Å². The molecule has 94 valence electrons. The maximum absolute atomic E-state index is 6.11. The van der Waals surface area contributed by atoms with Gasteiger partial charge in [-0.05, 0) is 55.2 Å². The third kappa shape index (κ3) is 2.85. The highest BCUT2D eigenvalue weighted by molar-refractivity contribution is 6.31. The molecule has 2 rings (SSSR count). The van der Waals surface area contributed by atoms with Gasteiger partial charge in [0.15, 0.2) is 0 Å². The zero-order valence-electron chi connectivity index (χ0n) is 11.0. The van der Waals surface area contributed by atoms with E-state index in [1.165, 1.54) is 16.7 Å². The van der Waals surface area contributed by atoms with E-state index in [0.717, 1.165) is 22.8 Å². The predicted octanol–water partition coefficient (Wildman–Crippen LogP) is 4.88. The third-order valence-corrected chi connectivity index (χ3v) is 3.78. The fourth-order valence-electron chi connectivity index (χ4n) is 1.90. The summed E-state index contributed by atoms with van der Waals surface area (Å²) in [6.45, 7) is 7.14. The number of hydrogen-bond donors (Lipinski definition) is 1. The van der Waals surface area contributed by atoms with Crippen molar-refractivity contribution in [3.05, 3.63) is 63.7 Å². The van der Waals surface area contributed by atoms with Gasteiger partial charge in [0.2, 0.25) is 0 Å². The second kappa shape index (κ2) is 5.45. The first-order valence-corrected chi connectivity index (χ1v) is 6.51. The molecule has 0 aliphatic heterocycles. The number of hydrogen-bond acceptors (Lipinski definition) is 1. The number of nitrogens with one attached hydrogen (secondary N) is 1. The van der Waals surface area contributed by atoms with Crippen LogP contribution in [0.15, 0.2) is 36.4 Å². The monoisotopic (exact) mass is 259 g/mol. The van der Waals surface area contributed by atoms with Crippen LogP contribution in [0.2, 0.25) is 5.02 Å². The maximum Gasteiger partial charge on any atom is 0.0455 e. The lowest BCUT2D eigenvalue weighted by atomic mass is 10.0. The molecule has 0 aromatic heterocycles. The van der Waals surface area contributed by atoms with E-state index in [-0.39, 0.29) is 0 Å². The largest absolute Gasteiger partial charge is 0.381 e. The van der Waals surface area contributed by atoms with Crippen LogP contribution in [0.25, 0.3) is 0 Å². The van der Waals surface area contributed by atoms with Crippen LogP contribution < -0.4 is 5.32 Å². The topological polar surface area (TPSA) is 12.0 Å². The van der Waals surface area contributed by atoms with E-state index in [4.69, 9.17) is 11.6 Å². The van der Waals surface area contributed by atoms with Gasteiger partial charge in [-0.1, -0.05) is 35.9 Å². The van der Waals surface area contributed by atoms with Crippen molar-refractivity contribution >= 4 is 17.3 Å². The molecule has 0 radical (unpaired) electrons. The minimum Gasteiger partial charge on any atom is -0.381 e. The molecule has 0 aliphatic carbocycles. The average Bonchev–Trinajstić information content (AvgIpc) is 2.35. The Hall–Kier alpha value is -1.47. The fraction of sp³-hybridized carbons (Fsp3) is 0.250. The molecule has 2 heteroatoms. The van der Waals surface area contributed by atoms with Gasteiger partial charge in [-0.15, -0.1) is 0 Å². The lowest BCUT2D eigenvalue weighted by Gasteiger charge is -2.11. The molecule has 0 spiro atoms. The SMILES string of the molecule is Cc1ccc(NCc2cccc(C)c2C)cc1Cl. The van der Waals surface area contributed by atoms with Crippen molar-refractivity contribution in [2.24, 2.45) is 0 Å². The zero-order valence-corrected chi connectivity index (χ0v) is 11.8. The van der Waals surface area contributed by atoms with Crippen LogP contribution >= 0.6 is 11.6 Å². The summed E-state index contributed by atoms with van der Waals surface area (Å²) < 4.78 is 0. The Labute approximate surface area is 114 Å². The van der Waals surface area contributed by atoms with E-state index in [0.29, 0.717) is 0 Å². The Bertz CT molecular complexity index is 561. The van der Waals surface area contributed by atoms with Gasteiger partial charge in [0.1, 0.15) is 0 Å². The molecule has 0 amide bonds. The van der Waals surface area contributed by atoms with Crippen molar-refractivity contribution in [3.63, 3.8) is 0 Å². The third-order valence-electron chi connectivity index (χ3n) is 3.37. The number of aryl methyl sites for hydroxylation is 2. The van der Waals surface area contributed by atoms with Crippen LogP contribution in [-0.2, 0) is 6.54 Å². The molecule has 0 heterocycles. The van der Waals surface area contributed by atoms with Crippen LogP contribution in [0.5, 0.6) is 0 Å². The zero-order chi connectivity index (χ0) is 13.1. The van der Waals surface area contributed by atoms with Gasteiger partial charge in [0.05, 0.1) is 0 Å². The van der Waals surface area contributed by atoms with E-state index in [1.54, 1.807) is 0 Å². The van der Waals surface area contributed by atoms with Gasteiger partial charge in [0, 0.05) is 17.3 Å². The highest BCUT2D eigenvalue weighted by Gasteiger charge is 2.01. The molecular weight excluding hydrogens is 242 g/mol. The van der Waals surface area contributed by atoms with Gasteiger partial charge < -0.3 is 5.32 Å². The Morgan fingerprint density at radius 1 is 1.00 bits per heavy atom. The second-order valence-electron chi connectivity index (χ2n) is 4.68. The van der Waals surface area contributed by atoms with Gasteiger partial charge in [-0.2, -0.15) is 0 Å². The summed E-state index contributed by atoms with van der Waals surface area (Å²) >= 11 is 6.11. The molecule has 0 fully saturated rings. The smallest absolute Gasteiger partial charge is 0.0455 e. The summed E-state index contributed by atoms with van der Waals surface area (Å²) in [5, 5.41) is 4.22. The van der Waals surface area contributed by atoms with Crippen LogP contribution in [0.1, 0.15) is 22.3 Å². The standard InChI is InChI=1S/C16H18ClN/c1-11-5-4-6-14(13(11)3)10-18-15-8-7-12(2)16(17)9-15/h4-9,18H,10H2,1-3H3. The van der Waals surface area contributed by atoms with Gasteiger partial charge in [0.25, 0.3) is 0 Å². The fourth-order valence-corrected chi connectivity index (χ4v) is 2.08. The van der Waals surface area contributed by atoms with Crippen LogP contribution in [0.3, 0.4) is 0 Å². The summed E-state index contributed by atoms with van der Waals surface area (Å²) in [4.78, 5) is 0. The molecule has 0 unspecified atom stereocenters. The van der Waals surface area contributed by atoms with Gasteiger partial charge in [-0.3, -0.25) is 0 Å². The number of anilines is 1. The summed E-state index contributed by atoms with van der Waals surface area (Å²) in [5.74, 6) is 0. The van der Waals surface area contributed by atoms with Crippen LogP contribution in [-0.4, -0.2) is 0 Å². The molecule has 0 aliphatic rings. The van der Waals surface area contributed by atoms with E-state index in [9.17, 15) is 0 Å². The molecule has 18 heavy (non-hydrogen) atoms. The number of halogens is 1. The lowest BCUT2D eigenvalue weighted by molar-refractivity contribution is 1.10. The van der Waals surface area contributed by atoms with Crippen molar-refractivity contribution in [2.45, 2.75) is 27.3 Å². The molecular formula is C16H18ClN. The molecule has 0 saturated carbocycles. The Balaban J connectivity index is 2.11. The maximum atomic E-state index is 6.11. The molecule has 1 nitrogen and oxygen atoms in total. The molecule has 0 bridgehead atoms. The van der Waals surface area contributed by atoms with E-state index < -0.39 is 0 Å². The van der Waals surface area contributed by atoms with Crippen molar-refractivity contribution < 1.29 is 0 Å². The van der Waals surface area contributed by atoms with Crippen LogP contribution in [0, 0.1) is 20.8 Å². The minimum atomic E-state index is 0.806. The quantitative estimate of drug-likeness (QED) is 0.829. The van der Waals surface area contributed by atoms with E-state index in [1.807, 2.05) is 19.1 Å². The molecule has 0 atom stereocenters. The second-order valence-corrected chi connectivity index (χ2v) is 5.08. The average molecular weight is 260 g/mol. The lowest BCUT2D eigenvalue weighted by Crippen LogP contribution is -2.02. The normalized spacial score (nSPS) is 10.4. The molecule has 1 N–H and O–H groups in total. The first-order valence-electron chi connectivity index (χ1n) is 6.13. The molecule has 2 aromatic rings. The van der Waals surface area contributed by atoms with Crippen molar-refractivity contribution in [3.8, 4) is 0 Å². The van der Waals surface area contributed by atoms with Crippen molar-refractivity contribution in [2.75, 3.05) is 5.32 Å². The first-order chi connectivity index (χ1) is 8.58. The predicted molar refractivity (Wildman–Crippen MR) is 79.4 cm³/mol. The van der Waals surface area contributed by atoms with E-state index >= 15 is 0 Å². The summed E-state index contributed by atoms with van der Waals surface area (Å²) in [6.07, 6.45) is 0.